The van der Waals surface area contributed by atoms with Gasteiger partial charge in [-0.15, -0.1) is 5.10 Å². The highest BCUT2D eigenvalue weighted by Crippen LogP contribution is 2.34. The van der Waals surface area contributed by atoms with Crippen LogP contribution in [0, 0.1) is 0 Å². The van der Waals surface area contributed by atoms with Crippen molar-refractivity contribution in [1.29, 1.82) is 0 Å². The first-order valence-electron chi connectivity index (χ1n) is 12.7. The maximum absolute atomic E-state index is 13.0. The number of aromatic nitrogens is 4. The molecular formula is C26H33N11O2. The number of nitrogens with one attached hydrogen (secondary N) is 3. The summed E-state index contributed by atoms with van der Waals surface area (Å²) in [5, 5.41) is 15.2. The Morgan fingerprint density at radius 2 is 1.92 bits per heavy atom. The van der Waals surface area contributed by atoms with Crippen molar-refractivity contribution in [3.63, 3.8) is 0 Å². The van der Waals surface area contributed by atoms with E-state index in [2.05, 4.69) is 41.8 Å². The number of nitrogens with zero attached hydrogens (tertiary/aromatic N) is 6. The SMILES string of the molecule is COc1c(Nc2cc(Nc3ccc(N4CCCCC4)cn3)nc3[nH]n(C)c(=O)c23)cccc1/C(N)=N/N(C)N. The molecule has 1 fully saturated rings. The number of aromatic amines is 1. The van der Waals surface area contributed by atoms with Gasteiger partial charge in [-0.2, -0.15) is 0 Å². The summed E-state index contributed by atoms with van der Waals surface area (Å²) in [4.78, 5) is 24.5. The van der Waals surface area contributed by atoms with Gasteiger partial charge in [-0.1, -0.05) is 6.07 Å². The van der Waals surface area contributed by atoms with Gasteiger partial charge in [0, 0.05) is 33.3 Å². The predicted molar refractivity (Wildman–Crippen MR) is 154 cm³/mol. The lowest BCUT2D eigenvalue weighted by Gasteiger charge is -2.28. The van der Waals surface area contributed by atoms with E-state index < -0.39 is 0 Å². The van der Waals surface area contributed by atoms with Gasteiger partial charge in [-0.3, -0.25) is 14.6 Å². The molecule has 13 heteroatoms. The maximum atomic E-state index is 13.0. The van der Waals surface area contributed by atoms with Gasteiger partial charge in [0.2, 0.25) is 0 Å². The molecular weight excluding hydrogens is 498 g/mol. The largest absolute Gasteiger partial charge is 0.494 e. The predicted octanol–water partition coefficient (Wildman–Crippen LogP) is 2.57. The summed E-state index contributed by atoms with van der Waals surface area (Å²) < 4.78 is 7.05. The van der Waals surface area contributed by atoms with Crippen molar-refractivity contribution in [3.8, 4) is 5.75 Å². The summed E-state index contributed by atoms with van der Waals surface area (Å²) in [6.07, 6.45) is 5.55. The molecule has 1 aromatic carbocycles. The number of methoxy groups -OCH3 is 1. The van der Waals surface area contributed by atoms with E-state index in [1.807, 2.05) is 18.3 Å². The molecule has 0 spiro atoms. The fourth-order valence-corrected chi connectivity index (χ4v) is 4.74. The fourth-order valence-electron chi connectivity index (χ4n) is 4.74. The number of anilines is 5. The third kappa shape index (κ3) is 5.43. The summed E-state index contributed by atoms with van der Waals surface area (Å²) in [5.74, 6) is 7.41. The molecule has 1 saturated heterocycles. The van der Waals surface area contributed by atoms with Crippen LogP contribution in [-0.2, 0) is 7.05 Å². The van der Waals surface area contributed by atoms with Crippen molar-refractivity contribution in [2.24, 2.45) is 23.7 Å². The third-order valence-corrected chi connectivity index (χ3v) is 6.57. The van der Waals surface area contributed by atoms with E-state index in [0.29, 0.717) is 45.4 Å². The van der Waals surface area contributed by atoms with Gasteiger partial charge >= 0.3 is 0 Å². The Balaban J connectivity index is 1.49. The summed E-state index contributed by atoms with van der Waals surface area (Å²) in [7, 11) is 4.75. The highest BCUT2D eigenvalue weighted by Gasteiger charge is 2.18. The minimum atomic E-state index is -0.225. The summed E-state index contributed by atoms with van der Waals surface area (Å²) >= 11 is 0. The highest BCUT2D eigenvalue weighted by atomic mass is 16.5. The number of hydrogen-bond acceptors (Lipinski definition) is 10. The Hall–Kier alpha value is -4.78. The molecule has 39 heavy (non-hydrogen) atoms. The Bertz CT molecular complexity index is 1550. The average molecular weight is 532 g/mol. The lowest BCUT2D eigenvalue weighted by molar-refractivity contribution is 0.371. The lowest BCUT2D eigenvalue weighted by Crippen LogP contribution is -2.29. The monoisotopic (exact) mass is 531 g/mol. The van der Waals surface area contributed by atoms with Crippen LogP contribution in [0.3, 0.4) is 0 Å². The Labute approximate surface area is 225 Å². The van der Waals surface area contributed by atoms with Crippen LogP contribution in [0.5, 0.6) is 5.75 Å². The van der Waals surface area contributed by atoms with Crippen LogP contribution in [0.15, 0.2) is 52.5 Å². The molecule has 0 unspecified atom stereocenters. The minimum absolute atomic E-state index is 0.180. The fraction of sp³-hybridized carbons (Fsp3) is 0.308. The van der Waals surface area contributed by atoms with Crippen LogP contribution in [0.1, 0.15) is 24.8 Å². The van der Waals surface area contributed by atoms with Crippen molar-refractivity contribution in [1.82, 2.24) is 24.9 Å². The molecule has 0 bridgehead atoms. The van der Waals surface area contributed by atoms with Crippen LogP contribution < -0.4 is 37.4 Å². The molecule has 5 rings (SSSR count). The molecule has 0 saturated carbocycles. The summed E-state index contributed by atoms with van der Waals surface area (Å²) in [6.45, 7) is 2.10. The maximum Gasteiger partial charge on any atom is 0.277 e. The van der Waals surface area contributed by atoms with Gasteiger partial charge in [0.1, 0.15) is 17.0 Å². The summed E-state index contributed by atoms with van der Waals surface area (Å²) in [6, 6.07) is 11.1. The third-order valence-electron chi connectivity index (χ3n) is 6.57. The Kier molecular flexibility index (Phi) is 7.23. The topological polar surface area (TPSA) is 168 Å². The van der Waals surface area contributed by atoms with E-state index in [1.54, 1.807) is 32.3 Å². The van der Waals surface area contributed by atoms with Gasteiger partial charge in [-0.05, 0) is 43.5 Å². The van der Waals surface area contributed by atoms with E-state index in [9.17, 15) is 4.79 Å². The van der Waals surface area contributed by atoms with E-state index in [0.717, 1.165) is 23.9 Å². The molecule has 13 nitrogen and oxygen atoms in total. The van der Waals surface area contributed by atoms with Crippen molar-refractivity contribution in [2.75, 3.05) is 42.8 Å². The van der Waals surface area contributed by atoms with Crippen LogP contribution >= 0.6 is 0 Å². The standard InChI is InChI=1S/C26H33N11O2/c1-35-26(38)22-19(30-18-9-7-8-17(23(18)39-3)24(27)33-36(2)28)14-21(32-25(22)34-35)31-20-11-10-16(15-29-20)37-12-5-4-6-13-37/h7-11,14-15H,4-6,12-13,28H2,1-3H3,(H2,27,33)(H3,29,30,31,32,34). The zero-order valence-corrected chi connectivity index (χ0v) is 22.2. The molecule has 204 valence electrons. The highest BCUT2D eigenvalue weighted by molar-refractivity contribution is 6.02. The number of hydrazine groups is 1. The zero-order valence-electron chi connectivity index (χ0n) is 22.2. The molecule has 0 atom stereocenters. The van der Waals surface area contributed by atoms with E-state index in [1.165, 1.54) is 31.1 Å². The normalized spacial score (nSPS) is 13.9. The van der Waals surface area contributed by atoms with Crippen LogP contribution in [-0.4, -0.2) is 57.9 Å². The van der Waals surface area contributed by atoms with Gasteiger partial charge in [0.05, 0.1) is 35.9 Å². The van der Waals surface area contributed by atoms with E-state index in [4.69, 9.17) is 16.3 Å². The van der Waals surface area contributed by atoms with E-state index in [-0.39, 0.29) is 11.4 Å². The number of H-pyrrole nitrogens is 1. The first-order chi connectivity index (χ1) is 18.8. The number of pyridine rings is 2. The molecule has 7 N–H and O–H groups in total. The van der Waals surface area contributed by atoms with Gasteiger partial charge < -0.3 is 26.0 Å². The second-order valence-electron chi connectivity index (χ2n) is 9.40. The average Bonchev–Trinajstić information content (AvgIpc) is 3.22. The second kappa shape index (κ2) is 10.9. The Morgan fingerprint density at radius 1 is 1.13 bits per heavy atom. The van der Waals surface area contributed by atoms with E-state index >= 15 is 0 Å². The number of fused-ring (bicyclic) bond motifs is 1. The van der Waals surface area contributed by atoms with Gasteiger partial charge in [-0.25, -0.2) is 20.9 Å². The number of nitrogens with two attached hydrogens (primary N) is 2. The summed E-state index contributed by atoms with van der Waals surface area (Å²) in [5.41, 5.74) is 9.10. The number of hydrazone groups is 1. The van der Waals surface area contributed by atoms with Crippen LogP contribution in [0.2, 0.25) is 0 Å². The smallest absolute Gasteiger partial charge is 0.277 e. The number of piperidine rings is 1. The van der Waals surface area contributed by atoms with Crippen LogP contribution in [0.4, 0.5) is 28.7 Å². The zero-order chi connectivity index (χ0) is 27.5. The number of aryl methyl sites for hydroxylation is 1. The molecule has 3 aromatic heterocycles. The van der Waals surface area contributed by atoms with Crippen molar-refractivity contribution >= 4 is 45.6 Å². The number of ether oxygens (including phenoxy) is 1. The molecule has 0 radical (unpaired) electrons. The van der Waals surface area contributed by atoms with Crippen molar-refractivity contribution < 1.29 is 4.74 Å². The minimum Gasteiger partial charge on any atom is -0.494 e. The van der Waals surface area contributed by atoms with Crippen molar-refractivity contribution in [3.05, 3.63) is 58.5 Å². The van der Waals surface area contributed by atoms with Gasteiger partial charge in [0.25, 0.3) is 5.56 Å². The van der Waals surface area contributed by atoms with Crippen molar-refractivity contribution in [2.45, 2.75) is 19.3 Å². The quantitative estimate of drug-likeness (QED) is 0.0986. The first kappa shape index (κ1) is 25.9. The first-order valence-corrected chi connectivity index (χ1v) is 12.7. The number of amidine groups is 1. The number of benzene rings is 1. The number of para-hydroxylation sites is 1. The molecule has 4 heterocycles. The molecule has 0 amide bonds. The van der Waals surface area contributed by atoms with Crippen LogP contribution in [0.25, 0.3) is 11.0 Å². The molecule has 1 aliphatic rings. The lowest BCUT2D eigenvalue weighted by atomic mass is 10.1. The second-order valence-corrected chi connectivity index (χ2v) is 9.40. The van der Waals surface area contributed by atoms with Gasteiger partial charge in [0.15, 0.2) is 17.2 Å². The number of rotatable bonds is 8. The molecule has 1 aliphatic heterocycles. The number of hydrogen-bond donors (Lipinski definition) is 5. The molecule has 0 aliphatic carbocycles. The molecule has 4 aromatic rings. The Morgan fingerprint density at radius 3 is 2.62 bits per heavy atom.